The van der Waals surface area contributed by atoms with Crippen LogP contribution in [0.5, 0.6) is 5.75 Å². The Balaban J connectivity index is 1.34. The van der Waals surface area contributed by atoms with E-state index in [1.54, 1.807) is 6.07 Å². The van der Waals surface area contributed by atoms with Gasteiger partial charge in [-0.05, 0) is 42.2 Å². The van der Waals surface area contributed by atoms with Crippen molar-refractivity contribution in [3.05, 3.63) is 52.4 Å². The molecule has 1 aliphatic carbocycles. The summed E-state index contributed by atoms with van der Waals surface area (Å²) in [5, 5.41) is 0. The van der Waals surface area contributed by atoms with Crippen molar-refractivity contribution in [2.24, 2.45) is 0 Å². The molecule has 3 aliphatic rings. The summed E-state index contributed by atoms with van der Waals surface area (Å²) in [5.41, 5.74) is 1.48. The summed E-state index contributed by atoms with van der Waals surface area (Å²) in [5.74, 6) is 0.233. The maximum Gasteiger partial charge on any atom is 0.321 e. The van der Waals surface area contributed by atoms with Gasteiger partial charge in [0.15, 0.2) is 0 Å². The molecule has 2 aromatic rings. The quantitative estimate of drug-likeness (QED) is 0.773. The Labute approximate surface area is 167 Å². The van der Waals surface area contributed by atoms with Crippen molar-refractivity contribution in [3.8, 4) is 16.9 Å². The number of benzene rings is 1. The summed E-state index contributed by atoms with van der Waals surface area (Å²) in [6, 6.07) is 9.08. The Morgan fingerprint density at radius 2 is 1.83 bits per heavy atom. The van der Waals surface area contributed by atoms with Gasteiger partial charge in [0.05, 0.1) is 6.61 Å². The van der Waals surface area contributed by atoms with Crippen LogP contribution in [0.15, 0.2) is 41.3 Å². The number of hydrogen-bond donors (Lipinski definition) is 0. The average Bonchev–Trinajstić information content (AvgIpc) is 2.68. The van der Waals surface area contributed by atoms with Gasteiger partial charge in [-0.1, -0.05) is 12.5 Å². The minimum Gasteiger partial charge on any atom is -0.462 e. The lowest BCUT2D eigenvalue weighted by molar-refractivity contribution is -0.231. The Kier molecular flexibility index (Phi) is 4.67. The smallest absolute Gasteiger partial charge is 0.321 e. The minimum absolute atomic E-state index is 0.432. The molecule has 0 unspecified atom stereocenters. The van der Waals surface area contributed by atoms with E-state index in [0.717, 1.165) is 48.8 Å². The normalized spacial score (nSPS) is 21.6. The zero-order valence-corrected chi connectivity index (χ0v) is 16.2. The molecule has 0 amide bonds. The molecule has 1 aromatic carbocycles. The number of fused-ring (bicyclic) bond motifs is 1. The van der Waals surface area contributed by atoms with E-state index >= 15 is 0 Å². The van der Waals surface area contributed by atoms with Gasteiger partial charge in [-0.2, -0.15) is 8.78 Å². The van der Waals surface area contributed by atoms with Gasteiger partial charge in [-0.25, -0.2) is 0 Å². The molecule has 0 N–H and O–H groups in total. The van der Waals surface area contributed by atoms with Crippen molar-refractivity contribution >= 4 is 0 Å². The summed E-state index contributed by atoms with van der Waals surface area (Å²) in [4.78, 5) is 14.1. The van der Waals surface area contributed by atoms with Gasteiger partial charge in [0.25, 0.3) is 5.56 Å². The van der Waals surface area contributed by atoms with Gasteiger partial charge < -0.3 is 9.47 Å². The van der Waals surface area contributed by atoms with E-state index in [9.17, 15) is 13.6 Å². The van der Waals surface area contributed by atoms with Gasteiger partial charge >= 0.3 is 6.55 Å². The first-order chi connectivity index (χ1) is 14.0. The number of piperidine rings is 1. The van der Waals surface area contributed by atoms with Crippen LogP contribution < -0.4 is 10.3 Å². The molecule has 0 bridgehead atoms. The summed E-state index contributed by atoms with van der Waals surface area (Å²) in [6.07, 6.45) is 6.84. The molecule has 5 nitrogen and oxygen atoms in total. The zero-order valence-electron chi connectivity index (χ0n) is 16.2. The molecule has 5 rings (SSSR count). The third kappa shape index (κ3) is 3.46. The molecule has 29 heavy (non-hydrogen) atoms. The van der Waals surface area contributed by atoms with Gasteiger partial charge in [-0.3, -0.25) is 14.3 Å². The lowest BCUT2D eigenvalue weighted by Gasteiger charge is -2.47. The summed E-state index contributed by atoms with van der Waals surface area (Å²) in [6.45, 7) is -0.445. The summed E-state index contributed by atoms with van der Waals surface area (Å²) < 4.78 is 38.9. The highest BCUT2D eigenvalue weighted by molar-refractivity contribution is 5.65. The van der Waals surface area contributed by atoms with E-state index in [0.29, 0.717) is 16.7 Å². The van der Waals surface area contributed by atoms with Crippen LogP contribution in [0.25, 0.3) is 11.1 Å². The Hall–Kier alpha value is -2.25. The number of halogens is 2. The van der Waals surface area contributed by atoms with Gasteiger partial charge in [0, 0.05) is 49.8 Å². The number of hydrogen-bond acceptors (Lipinski definition) is 4. The molecule has 3 heterocycles. The first kappa shape index (κ1) is 18.8. The number of likely N-dealkylation sites (tertiary alicyclic amines) is 1. The molecule has 154 valence electrons. The van der Waals surface area contributed by atoms with Crippen LogP contribution in [0.1, 0.15) is 44.2 Å². The summed E-state index contributed by atoms with van der Waals surface area (Å²) >= 11 is 0. The highest BCUT2D eigenvalue weighted by atomic mass is 19.3. The van der Waals surface area contributed by atoms with Crippen molar-refractivity contribution in [1.29, 1.82) is 0 Å². The number of pyridine rings is 1. The number of nitrogens with zero attached hydrogens (tertiary/aromatic N) is 2. The molecular weight excluding hydrogens is 378 g/mol. The van der Waals surface area contributed by atoms with Crippen molar-refractivity contribution in [3.63, 3.8) is 0 Å². The standard InChI is InChI=1S/C22H24F2N2O3/c23-21(24)26-13-16(5-7-20(26)27)15-4-6-19-17(12-15)14-28-22(29-19)8-10-25(11-9-22)18-2-1-3-18/h4-7,12-13,18,21H,1-3,8-11,14H2. The molecule has 1 saturated carbocycles. The van der Waals surface area contributed by atoms with E-state index in [2.05, 4.69) is 4.90 Å². The van der Waals surface area contributed by atoms with Crippen LogP contribution in [0.2, 0.25) is 0 Å². The molecule has 2 aliphatic heterocycles. The Morgan fingerprint density at radius 3 is 2.52 bits per heavy atom. The number of alkyl halides is 2. The lowest BCUT2D eigenvalue weighted by atomic mass is 9.89. The SMILES string of the molecule is O=c1ccc(-c2ccc3c(c2)COC2(CCN(C4CCC4)CC2)O3)cn1C(F)F. The minimum atomic E-state index is -2.86. The van der Waals surface area contributed by atoms with Gasteiger partial charge in [0.2, 0.25) is 5.79 Å². The molecule has 7 heteroatoms. The van der Waals surface area contributed by atoms with Gasteiger partial charge in [-0.15, -0.1) is 0 Å². The van der Waals surface area contributed by atoms with E-state index in [1.165, 1.54) is 31.5 Å². The van der Waals surface area contributed by atoms with Crippen LogP contribution in [-0.2, 0) is 11.3 Å². The second kappa shape index (κ2) is 7.22. The average molecular weight is 402 g/mol. The molecule has 2 fully saturated rings. The van der Waals surface area contributed by atoms with E-state index in [-0.39, 0.29) is 0 Å². The third-order valence-corrected chi connectivity index (χ3v) is 6.48. The van der Waals surface area contributed by atoms with Crippen LogP contribution in [-0.4, -0.2) is 34.4 Å². The number of rotatable bonds is 3. The van der Waals surface area contributed by atoms with Crippen LogP contribution in [0, 0.1) is 0 Å². The van der Waals surface area contributed by atoms with Crippen LogP contribution in [0.3, 0.4) is 0 Å². The lowest BCUT2D eigenvalue weighted by Crippen LogP contribution is -2.54. The Bertz CT molecular complexity index is 963. The fourth-order valence-corrected chi connectivity index (χ4v) is 4.47. The first-order valence-electron chi connectivity index (χ1n) is 10.2. The fraction of sp³-hybridized carbons (Fsp3) is 0.500. The van der Waals surface area contributed by atoms with E-state index in [4.69, 9.17) is 9.47 Å². The molecule has 1 saturated heterocycles. The monoisotopic (exact) mass is 402 g/mol. The molecule has 1 spiro atoms. The van der Waals surface area contributed by atoms with Gasteiger partial charge in [0.1, 0.15) is 5.75 Å². The van der Waals surface area contributed by atoms with Crippen LogP contribution >= 0.6 is 0 Å². The predicted molar refractivity (Wildman–Crippen MR) is 104 cm³/mol. The number of ether oxygens (including phenoxy) is 2. The number of aromatic nitrogens is 1. The van der Waals surface area contributed by atoms with Crippen LogP contribution in [0.4, 0.5) is 8.78 Å². The molecule has 0 atom stereocenters. The van der Waals surface area contributed by atoms with Crippen molar-refractivity contribution in [2.75, 3.05) is 13.1 Å². The van der Waals surface area contributed by atoms with E-state index in [1.807, 2.05) is 18.2 Å². The van der Waals surface area contributed by atoms with Crippen molar-refractivity contribution in [2.45, 2.75) is 57.1 Å². The maximum atomic E-state index is 13.0. The largest absolute Gasteiger partial charge is 0.462 e. The first-order valence-corrected chi connectivity index (χ1v) is 10.2. The van der Waals surface area contributed by atoms with E-state index < -0.39 is 17.9 Å². The molecule has 0 radical (unpaired) electrons. The molecular formula is C22H24F2N2O3. The second-order valence-electron chi connectivity index (χ2n) is 8.19. The van der Waals surface area contributed by atoms with Crippen molar-refractivity contribution in [1.82, 2.24) is 9.47 Å². The Morgan fingerprint density at radius 1 is 1.07 bits per heavy atom. The topological polar surface area (TPSA) is 43.7 Å². The zero-order chi connectivity index (χ0) is 20.0. The maximum absolute atomic E-state index is 13.0. The van der Waals surface area contributed by atoms with Crippen molar-refractivity contribution < 1.29 is 18.3 Å². The second-order valence-corrected chi connectivity index (χ2v) is 8.19. The predicted octanol–water partition coefficient (Wildman–Crippen LogP) is 4.16. The molecule has 1 aromatic heterocycles. The summed E-state index contributed by atoms with van der Waals surface area (Å²) in [7, 11) is 0. The fourth-order valence-electron chi connectivity index (χ4n) is 4.47. The highest BCUT2D eigenvalue weighted by Crippen LogP contribution is 2.40. The highest BCUT2D eigenvalue weighted by Gasteiger charge is 2.42. The third-order valence-electron chi connectivity index (χ3n) is 6.48.